The van der Waals surface area contributed by atoms with Crippen LogP contribution in [0.5, 0.6) is 0 Å². The van der Waals surface area contributed by atoms with E-state index in [1.165, 1.54) is 25.7 Å². The highest BCUT2D eigenvalue weighted by molar-refractivity contribution is 4.38. The van der Waals surface area contributed by atoms with Crippen LogP contribution in [0.3, 0.4) is 0 Å². The van der Waals surface area contributed by atoms with Crippen molar-refractivity contribution in [2.24, 2.45) is 0 Å². The number of ether oxygens (including phenoxy) is 3. The molecular formula is C17H40O5. The Labute approximate surface area is 138 Å². The van der Waals surface area contributed by atoms with Gasteiger partial charge in [-0.2, -0.15) is 0 Å². The molecule has 0 saturated carbocycles. The first kappa shape index (κ1) is 26.7. The van der Waals surface area contributed by atoms with E-state index in [2.05, 4.69) is 18.6 Å². The summed E-state index contributed by atoms with van der Waals surface area (Å²) in [5, 5.41) is 16.2. The molecule has 0 radical (unpaired) electrons. The second-order valence-electron chi connectivity index (χ2n) is 4.51. The molecule has 0 heterocycles. The summed E-state index contributed by atoms with van der Waals surface area (Å²) >= 11 is 0. The number of unbranched alkanes of at least 4 members (excludes halogenated alkanes) is 3. The van der Waals surface area contributed by atoms with Gasteiger partial charge in [0.05, 0.1) is 26.4 Å². The molecule has 0 aromatic heterocycles. The van der Waals surface area contributed by atoms with Gasteiger partial charge in [-0.25, -0.2) is 0 Å². The summed E-state index contributed by atoms with van der Waals surface area (Å²) < 4.78 is 14.8. The molecule has 0 unspecified atom stereocenters. The fourth-order valence-corrected chi connectivity index (χ4v) is 1.31. The van der Waals surface area contributed by atoms with Crippen molar-refractivity contribution in [3.63, 3.8) is 0 Å². The van der Waals surface area contributed by atoms with E-state index in [0.29, 0.717) is 13.2 Å². The van der Waals surface area contributed by atoms with Gasteiger partial charge in [-0.15, -0.1) is 0 Å². The molecule has 5 heteroatoms. The zero-order valence-corrected chi connectivity index (χ0v) is 15.3. The lowest BCUT2D eigenvalue weighted by Crippen LogP contribution is -2.03. The zero-order chi connectivity index (χ0) is 17.3. The molecule has 0 amide bonds. The van der Waals surface area contributed by atoms with Crippen molar-refractivity contribution in [1.82, 2.24) is 0 Å². The highest BCUT2D eigenvalue weighted by Crippen LogP contribution is 1.98. The molecule has 22 heavy (non-hydrogen) atoms. The third-order valence-electron chi connectivity index (χ3n) is 2.37. The fourth-order valence-electron chi connectivity index (χ4n) is 1.31. The van der Waals surface area contributed by atoms with E-state index in [1.54, 1.807) is 0 Å². The first-order valence-electron chi connectivity index (χ1n) is 8.69. The molecule has 0 atom stereocenters. The van der Waals surface area contributed by atoms with Crippen molar-refractivity contribution in [1.29, 1.82) is 0 Å². The third kappa shape index (κ3) is 42.7. The topological polar surface area (TPSA) is 68.2 Å². The van der Waals surface area contributed by atoms with Crippen LogP contribution in [0.1, 0.15) is 59.8 Å². The smallest absolute Gasteiger partial charge is 0.0698 e. The Morgan fingerprint density at radius 2 is 1.09 bits per heavy atom. The average molecular weight is 325 g/mol. The summed E-state index contributed by atoms with van der Waals surface area (Å²) in [6.07, 6.45) is 6.39. The van der Waals surface area contributed by atoms with Gasteiger partial charge in [-0.3, -0.25) is 0 Å². The number of aliphatic hydroxyl groups excluding tert-OH is 2. The van der Waals surface area contributed by atoms with Crippen LogP contribution in [0, 0.1) is 0 Å². The molecule has 0 bridgehead atoms. The van der Waals surface area contributed by atoms with Crippen LogP contribution in [0.15, 0.2) is 0 Å². The molecule has 0 rings (SSSR count). The molecule has 0 spiro atoms. The Morgan fingerprint density at radius 3 is 1.45 bits per heavy atom. The van der Waals surface area contributed by atoms with E-state index in [9.17, 15) is 0 Å². The van der Waals surface area contributed by atoms with Gasteiger partial charge in [0.15, 0.2) is 0 Å². The summed E-state index contributed by atoms with van der Waals surface area (Å²) in [6, 6.07) is 0. The van der Waals surface area contributed by atoms with E-state index in [0.717, 1.165) is 32.8 Å². The van der Waals surface area contributed by atoms with Crippen LogP contribution < -0.4 is 0 Å². The van der Waals surface area contributed by atoms with E-state index in [4.69, 9.17) is 19.7 Å². The molecule has 5 nitrogen and oxygen atoms in total. The van der Waals surface area contributed by atoms with Crippen LogP contribution in [0.4, 0.5) is 0 Å². The second kappa shape index (κ2) is 32.7. The van der Waals surface area contributed by atoms with Crippen LogP contribution in [0.2, 0.25) is 0 Å². The highest BCUT2D eigenvalue weighted by atomic mass is 16.5. The second-order valence-corrected chi connectivity index (χ2v) is 4.51. The Bertz CT molecular complexity index is 131. The monoisotopic (exact) mass is 324 g/mol. The zero-order valence-electron chi connectivity index (χ0n) is 15.3. The Hall–Kier alpha value is -0.200. The molecule has 138 valence electrons. The van der Waals surface area contributed by atoms with Crippen molar-refractivity contribution in [3.8, 4) is 0 Å². The minimum atomic E-state index is 0.0278. The van der Waals surface area contributed by atoms with Crippen molar-refractivity contribution >= 4 is 0 Å². The first-order valence-corrected chi connectivity index (χ1v) is 8.69. The van der Waals surface area contributed by atoms with E-state index in [1.807, 2.05) is 13.8 Å². The molecule has 0 aromatic rings. The lowest BCUT2D eigenvalue weighted by atomic mass is 10.2. The van der Waals surface area contributed by atoms with Crippen molar-refractivity contribution in [2.45, 2.75) is 59.8 Å². The molecule has 0 aliphatic heterocycles. The van der Waals surface area contributed by atoms with Gasteiger partial charge in [-0.05, 0) is 26.7 Å². The number of rotatable bonds is 13. The highest BCUT2D eigenvalue weighted by Gasteiger charge is 1.86. The van der Waals surface area contributed by atoms with Gasteiger partial charge in [0.2, 0.25) is 0 Å². The van der Waals surface area contributed by atoms with Crippen LogP contribution in [-0.2, 0) is 14.2 Å². The minimum absolute atomic E-state index is 0.0278. The minimum Gasteiger partial charge on any atom is -0.394 e. The maximum Gasteiger partial charge on any atom is 0.0698 e. The normalized spacial score (nSPS) is 9.55. The maximum atomic E-state index is 8.09. The molecule has 0 aromatic carbocycles. The third-order valence-corrected chi connectivity index (χ3v) is 2.37. The maximum absolute atomic E-state index is 8.09. The summed E-state index contributed by atoms with van der Waals surface area (Å²) in [7, 11) is 0. The number of hydrogen-bond donors (Lipinski definition) is 2. The SMILES string of the molecule is CCCCCCOCCC.CCOCC.OCCOCCO. The molecule has 0 aliphatic carbocycles. The Morgan fingerprint density at radius 1 is 0.545 bits per heavy atom. The van der Waals surface area contributed by atoms with Crippen molar-refractivity contribution in [3.05, 3.63) is 0 Å². The molecule has 0 fully saturated rings. The quantitative estimate of drug-likeness (QED) is 0.510. The van der Waals surface area contributed by atoms with E-state index >= 15 is 0 Å². The van der Waals surface area contributed by atoms with E-state index < -0.39 is 0 Å². The summed E-state index contributed by atoms with van der Waals surface area (Å²) in [6.45, 7) is 12.6. The molecular weight excluding hydrogens is 284 g/mol. The molecule has 0 aliphatic rings. The number of hydrogen-bond acceptors (Lipinski definition) is 5. The average Bonchev–Trinajstić information content (AvgIpc) is 2.53. The largest absolute Gasteiger partial charge is 0.394 e. The predicted octanol–water partition coefficient (Wildman–Crippen LogP) is 3.02. The van der Waals surface area contributed by atoms with Crippen LogP contribution >= 0.6 is 0 Å². The standard InChI is InChI=1S/C9H20O.C4H10O3.C4H10O/c1-3-5-6-7-9-10-8-4-2;5-1-3-7-4-2-6;1-3-5-4-2/h3-9H2,1-2H3;5-6H,1-4H2;3-4H2,1-2H3. The van der Waals surface area contributed by atoms with E-state index in [-0.39, 0.29) is 13.2 Å². The number of aliphatic hydroxyl groups is 2. The van der Waals surface area contributed by atoms with Crippen molar-refractivity contribution in [2.75, 3.05) is 52.9 Å². The molecule has 0 saturated heterocycles. The Balaban J connectivity index is -0.000000263. The van der Waals surface area contributed by atoms with Gasteiger partial charge in [0.1, 0.15) is 0 Å². The van der Waals surface area contributed by atoms with Crippen molar-refractivity contribution < 1.29 is 24.4 Å². The van der Waals surface area contributed by atoms with Gasteiger partial charge in [0.25, 0.3) is 0 Å². The van der Waals surface area contributed by atoms with Crippen LogP contribution in [-0.4, -0.2) is 63.1 Å². The van der Waals surface area contributed by atoms with Gasteiger partial charge < -0.3 is 24.4 Å². The van der Waals surface area contributed by atoms with Gasteiger partial charge in [-0.1, -0.05) is 33.1 Å². The summed E-state index contributed by atoms with van der Waals surface area (Å²) in [5.74, 6) is 0. The van der Waals surface area contributed by atoms with Gasteiger partial charge in [0, 0.05) is 26.4 Å². The lowest BCUT2D eigenvalue weighted by Gasteiger charge is -2.00. The predicted molar refractivity (Wildman–Crippen MR) is 92.4 cm³/mol. The first-order chi connectivity index (χ1) is 10.7. The summed E-state index contributed by atoms with van der Waals surface area (Å²) in [4.78, 5) is 0. The Kier molecular flexibility index (Phi) is 39.6. The van der Waals surface area contributed by atoms with Gasteiger partial charge >= 0.3 is 0 Å². The summed E-state index contributed by atoms with van der Waals surface area (Å²) in [5.41, 5.74) is 0. The molecule has 2 N–H and O–H groups in total. The fraction of sp³-hybridized carbons (Fsp3) is 1.00. The van der Waals surface area contributed by atoms with Crippen LogP contribution in [0.25, 0.3) is 0 Å². The lowest BCUT2D eigenvalue weighted by molar-refractivity contribution is 0.0650.